The maximum Gasteiger partial charge on any atom is 0.329 e. The Balaban J connectivity index is 1.35. The molecule has 2 amide bonds. The predicted octanol–water partition coefficient (Wildman–Crippen LogP) is 4.35. The van der Waals surface area contributed by atoms with Crippen LogP contribution >= 0.6 is 0 Å². The van der Waals surface area contributed by atoms with Crippen molar-refractivity contribution in [1.82, 2.24) is 15.5 Å². The lowest BCUT2D eigenvalue weighted by Crippen LogP contribution is -2.45. The molecule has 3 N–H and O–H groups in total. The van der Waals surface area contributed by atoms with Crippen LogP contribution in [0.25, 0.3) is 11.3 Å². The van der Waals surface area contributed by atoms with E-state index in [9.17, 15) is 9.59 Å². The Morgan fingerprint density at radius 2 is 1.82 bits per heavy atom. The number of H-pyrrole nitrogens is 1. The van der Waals surface area contributed by atoms with E-state index >= 15 is 0 Å². The summed E-state index contributed by atoms with van der Waals surface area (Å²) < 4.78 is 5.28. The minimum Gasteiger partial charge on any atom is -0.464 e. The summed E-state index contributed by atoms with van der Waals surface area (Å²) in [5.74, 6) is -0.437. The number of aryl methyl sites for hydroxylation is 2. The van der Waals surface area contributed by atoms with E-state index in [0.29, 0.717) is 6.42 Å². The first kappa shape index (κ1) is 22.2. The molecular weight excluding hydrogens is 428 g/mol. The smallest absolute Gasteiger partial charge is 0.329 e. The molecule has 0 bridgehead atoms. The highest BCUT2D eigenvalue weighted by Gasteiger charge is 2.27. The molecule has 1 heterocycles. The van der Waals surface area contributed by atoms with Gasteiger partial charge in [-0.15, -0.1) is 0 Å². The number of nitrogens with zero attached hydrogens (tertiary/aromatic N) is 1. The summed E-state index contributed by atoms with van der Waals surface area (Å²) in [4.78, 5) is 25.9. The third-order valence-corrected chi connectivity index (χ3v) is 6.77. The van der Waals surface area contributed by atoms with Crippen LogP contribution in [0.4, 0.5) is 10.5 Å². The second-order valence-electron chi connectivity index (χ2n) is 9.01. The maximum absolute atomic E-state index is 13.1. The molecule has 2 aliphatic rings. The number of esters is 1. The zero-order valence-corrected chi connectivity index (χ0v) is 19.4. The number of aromatic amines is 1. The molecule has 0 aliphatic heterocycles. The molecular formula is C27H30N4O3. The van der Waals surface area contributed by atoms with Gasteiger partial charge in [-0.2, -0.15) is 5.10 Å². The quantitative estimate of drug-likeness (QED) is 0.459. The Kier molecular flexibility index (Phi) is 6.34. The summed E-state index contributed by atoms with van der Waals surface area (Å²) >= 11 is 0. The van der Waals surface area contributed by atoms with E-state index in [0.717, 1.165) is 61.0 Å². The van der Waals surface area contributed by atoms with Crippen LogP contribution in [-0.2, 0) is 41.6 Å². The second-order valence-corrected chi connectivity index (χ2v) is 9.01. The number of hydrogen-bond acceptors (Lipinski definition) is 4. The number of aromatic nitrogens is 2. The highest BCUT2D eigenvalue weighted by molar-refractivity contribution is 5.94. The minimum absolute atomic E-state index is 0.256. The minimum atomic E-state index is -0.790. The molecule has 0 unspecified atom stereocenters. The summed E-state index contributed by atoms with van der Waals surface area (Å²) in [6.07, 6.45) is 8.37. The van der Waals surface area contributed by atoms with E-state index in [-0.39, 0.29) is 12.6 Å². The van der Waals surface area contributed by atoms with E-state index in [1.54, 1.807) is 13.1 Å². The number of fused-ring (bicyclic) bond motifs is 2. The van der Waals surface area contributed by atoms with Gasteiger partial charge in [0.1, 0.15) is 6.04 Å². The summed E-state index contributed by atoms with van der Waals surface area (Å²) in [5.41, 5.74) is 8.98. The first-order chi connectivity index (χ1) is 16.6. The molecule has 34 heavy (non-hydrogen) atoms. The summed E-state index contributed by atoms with van der Waals surface area (Å²) in [5, 5.41) is 13.0. The van der Waals surface area contributed by atoms with Crippen LogP contribution < -0.4 is 10.6 Å². The van der Waals surface area contributed by atoms with Crippen molar-refractivity contribution in [3.05, 3.63) is 70.4 Å². The SMILES string of the molecule is CCOC(=O)[C@@H](Cc1cccc(-c2ccn[nH]2)c1)NC(=O)Nc1c2c(cc3c1CCC3)CCC2. The van der Waals surface area contributed by atoms with Gasteiger partial charge in [-0.1, -0.05) is 24.3 Å². The van der Waals surface area contributed by atoms with Crippen molar-refractivity contribution in [2.45, 2.75) is 57.9 Å². The molecule has 2 aromatic carbocycles. The van der Waals surface area contributed by atoms with E-state index in [4.69, 9.17) is 4.74 Å². The van der Waals surface area contributed by atoms with Gasteiger partial charge in [0.05, 0.1) is 12.3 Å². The molecule has 0 saturated heterocycles. The van der Waals surface area contributed by atoms with Gasteiger partial charge in [0.15, 0.2) is 0 Å². The van der Waals surface area contributed by atoms with Crippen molar-refractivity contribution in [1.29, 1.82) is 0 Å². The first-order valence-corrected chi connectivity index (χ1v) is 12.1. The van der Waals surface area contributed by atoms with Crippen molar-refractivity contribution in [2.24, 2.45) is 0 Å². The molecule has 1 aromatic heterocycles. The first-order valence-electron chi connectivity index (χ1n) is 12.1. The third kappa shape index (κ3) is 4.55. The number of carbonyl (C=O) groups is 2. The van der Waals surface area contributed by atoms with Gasteiger partial charge >= 0.3 is 12.0 Å². The van der Waals surface area contributed by atoms with Crippen molar-refractivity contribution in [3.8, 4) is 11.3 Å². The molecule has 2 aliphatic carbocycles. The van der Waals surface area contributed by atoms with Crippen LogP contribution in [-0.4, -0.2) is 34.8 Å². The van der Waals surface area contributed by atoms with Gasteiger partial charge in [0, 0.05) is 18.3 Å². The van der Waals surface area contributed by atoms with Gasteiger partial charge in [-0.05, 0) is 91.0 Å². The van der Waals surface area contributed by atoms with E-state index in [2.05, 4.69) is 26.9 Å². The molecule has 3 aromatic rings. The summed E-state index contributed by atoms with van der Waals surface area (Å²) in [6, 6.07) is 10.9. The van der Waals surface area contributed by atoms with Crippen molar-refractivity contribution >= 4 is 17.7 Å². The van der Waals surface area contributed by atoms with Crippen molar-refractivity contribution in [3.63, 3.8) is 0 Å². The Hall–Kier alpha value is -3.61. The van der Waals surface area contributed by atoms with Gasteiger partial charge in [-0.25, -0.2) is 9.59 Å². The lowest BCUT2D eigenvalue weighted by Gasteiger charge is -2.20. The van der Waals surface area contributed by atoms with Crippen LogP contribution in [0.15, 0.2) is 42.6 Å². The number of anilines is 1. The fourth-order valence-corrected chi connectivity index (χ4v) is 5.23. The number of urea groups is 1. The highest BCUT2D eigenvalue weighted by Crippen LogP contribution is 2.38. The lowest BCUT2D eigenvalue weighted by molar-refractivity contribution is -0.145. The van der Waals surface area contributed by atoms with Crippen LogP contribution in [0.2, 0.25) is 0 Å². The predicted molar refractivity (Wildman–Crippen MR) is 131 cm³/mol. The van der Waals surface area contributed by atoms with Crippen LogP contribution in [0.5, 0.6) is 0 Å². The average molecular weight is 459 g/mol. The van der Waals surface area contributed by atoms with E-state index in [1.807, 2.05) is 30.3 Å². The van der Waals surface area contributed by atoms with E-state index in [1.165, 1.54) is 22.3 Å². The Bertz CT molecular complexity index is 1170. The van der Waals surface area contributed by atoms with Crippen LogP contribution in [0, 0.1) is 0 Å². The number of benzene rings is 2. The summed E-state index contributed by atoms with van der Waals surface area (Å²) in [7, 11) is 0. The molecule has 1 atom stereocenters. The van der Waals surface area contributed by atoms with Gasteiger partial charge in [0.25, 0.3) is 0 Å². The Morgan fingerprint density at radius 3 is 2.50 bits per heavy atom. The van der Waals surface area contributed by atoms with Crippen molar-refractivity contribution in [2.75, 3.05) is 11.9 Å². The number of ether oxygens (including phenoxy) is 1. The fourth-order valence-electron chi connectivity index (χ4n) is 5.23. The standard InChI is InChI=1S/C27H30N4O3/c1-2-34-26(32)24(15-17-6-3-9-20(14-17)23-12-13-28-31-23)29-27(33)30-25-21-10-4-7-18(21)16-19-8-5-11-22(19)25/h3,6,9,12-14,16,24H,2,4-5,7-8,10-11,15H2,1H3,(H,28,31)(H2,29,30,33)/t24-/m1/s1. The van der Waals surface area contributed by atoms with Gasteiger partial charge < -0.3 is 15.4 Å². The number of rotatable bonds is 7. The Morgan fingerprint density at radius 1 is 1.06 bits per heavy atom. The summed E-state index contributed by atoms with van der Waals surface area (Å²) in [6.45, 7) is 2.02. The molecule has 176 valence electrons. The average Bonchev–Trinajstić information content (AvgIpc) is 3.60. The van der Waals surface area contributed by atoms with Crippen LogP contribution in [0.1, 0.15) is 47.6 Å². The fraction of sp³-hybridized carbons (Fsp3) is 0.370. The zero-order valence-electron chi connectivity index (χ0n) is 19.4. The lowest BCUT2D eigenvalue weighted by atomic mass is 9.99. The third-order valence-electron chi connectivity index (χ3n) is 6.77. The molecule has 0 fully saturated rings. The zero-order chi connectivity index (χ0) is 23.5. The largest absolute Gasteiger partial charge is 0.464 e. The van der Waals surface area contributed by atoms with Gasteiger partial charge in [0.2, 0.25) is 0 Å². The normalized spacial score (nSPS) is 14.9. The molecule has 7 heteroatoms. The number of amides is 2. The molecule has 0 spiro atoms. The number of hydrogen-bond donors (Lipinski definition) is 3. The molecule has 7 nitrogen and oxygen atoms in total. The number of carbonyl (C=O) groups excluding carboxylic acids is 2. The second kappa shape index (κ2) is 9.71. The highest BCUT2D eigenvalue weighted by atomic mass is 16.5. The monoisotopic (exact) mass is 458 g/mol. The Labute approximate surface area is 199 Å². The van der Waals surface area contributed by atoms with E-state index < -0.39 is 12.0 Å². The molecule has 0 radical (unpaired) electrons. The maximum atomic E-state index is 13.1. The van der Waals surface area contributed by atoms with Crippen molar-refractivity contribution < 1.29 is 14.3 Å². The topological polar surface area (TPSA) is 96.1 Å². The molecule has 0 saturated carbocycles. The van der Waals surface area contributed by atoms with Gasteiger partial charge in [-0.3, -0.25) is 5.10 Å². The number of nitrogens with one attached hydrogen (secondary N) is 3. The van der Waals surface area contributed by atoms with Crippen LogP contribution in [0.3, 0.4) is 0 Å². The molecule has 5 rings (SSSR count).